The number of thiazole rings is 1. The monoisotopic (exact) mass is 368 g/mol. The zero-order valence-corrected chi connectivity index (χ0v) is 15.3. The first kappa shape index (κ1) is 16.7. The van der Waals surface area contributed by atoms with Gasteiger partial charge in [-0.3, -0.25) is 0 Å². The standard InChI is InChI=1S/C19H20N4O2S/c1-25-15-8-6-14(7-9-15)20-18(24)22-10-12-23(13-11-22)19-21-16-4-2-3-5-17(16)26-19/h2-9H,10-13H2,1H3,(H,20,24). The van der Waals surface area contributed by atoms with Gasteiger partial charge in [0.05, 0.1) is 17.3 Å². The van der Waals surface area contributed by atoms with Crippen LogP contribution in [-0.2, 0) is 0 Å². The maximum absolute atomic E-state index is 12.5. The molecule has 2 aromatic carbocycles. The van der Waals surface area contributed by atoms with Crippen molar-refractivity contribution >= 4 is 38.4 Å². The third kappa shape index (κ3) is 3.43. The number of nitrogens with one attached hydrogen (secondary N) is 1. The predicted molar refractivity (Wildman–Crippen MR) is 105 cm³/mol. The number of benzene rings is 2. The van der Waals surface area contributed by atoms with Gasteiger partial charge in [-0.1, -0.05) is 23.5 Å². The fourth-order valence-corrected chi connectivity index (χ4v) is 3.99. The molecule has 7 heteroatoms. The molecule has 0 bridgehead atoms. The van der Waals surface area contributed by atoms with E-state index in [2.05, 4.69) is 16.3 Å². The number of amides is 2. The molecule has 1 aliphatic heterocycles. The summed E-state index contributed by atoms with van der Waals surface area (Å²) in [5, 5.41) is 3.97. The number of hydrogen-bond donors (Lipinski definition) is 1. The van der Waals surface area contributed by atoms with Gasteiger partial charge in [-0.05, 0) is 36.4 Å². The van der Waals surface area contributed by atoms with Crippen molar-refractivity contribution in [3.63, 3.8) is 0 Å². The van der Waals surface area contributed by atoms with Gasteiger partial charge in [-0.2, -0.15) is 0 Å². The second kappa shape index (κ2) is 7.21. The van der Waals surface area contributed by atoms with Crippen LogP contribution in [0.1, 0.15) is 0 Å². The molecule has 26 heavy (non-hydrogen) atoms. The second-order valence-electron chi connectivity index (χ2n) is 6.10. The SMILES string of the molecule is COc1ccc(NC(=O)N2CCN(c3nc4ccccc4s3)CC2)cc1. The molecule has 4 rings (SSSR count). The average molecular weight is 368 g/mol. The van der Waals surface area contributed by atoms with E-state index in [4.69, 9.17) is 9.72 Å². The van der Waals surface area contributed by atoms with E-state index in [1.165, 1.54) is 4.70 Å². The number of carbonyl (C=O) groups is 1. The van der Waals surface area contributed by atoms with Gasteiger partial charge in [-0.25, -0.2) is 9.78 Å². The van der Waals surface area contributed by atoms with E-state index in [0.29, 0.717) is 13.1 Å². The lowest BCUT2D eigenvalue weighted by Gasteiger charge is -2.34. The molecule has 0 radical (unpaired) electrons. The molecule has 1 aromatic heterocycles. The molecular formula is C19H20N4O2S. The number of anilines is 2. The molecule has 6 nitrogen and oxygen atoms in total. The van der Waals surface area contributed by atoms with Crippen molar-refractivity contribution in [2.45, 2.75) is 0 Å². The van der Waals surface area contributed by atoms with Crippen LogP contribution in [-0.4, -0.2) is 49.2 Å². The quantitative estimate of drug-likeness (QED) is 0.767. The highest BCUT2D eigenvalue weighted by molar-refractivity contribution is 7.22. The maximum Gasteiger partial charge on any atom is 0.321 e. The van der Waals surface area contributed by atoms with Crippen molar-refractivity contribution in [1.29, 1.82) is 0 Å². The topological polar surface area (TPSA) is 57.7 Å². The number of carbonyl (C=O) groups excluding carboxylic acids is 1. The lowest BCUT2D eigenvalue weighted by molar-refractivity contribution is 0.208. The highest BCUT2D eigenvalue weighted by Gasteiger charge is 2.23. The number of nitrogens with zero attached hydrogens (tertiary/aromatic N) is 3. The van der Waals surface area contributed by atoms with Gasteiger partial charge >= 0.3 is 6.03 Å². The Kier molecular flexibility index (Phi) is 4.62. The van der Waals surface area contributed by atoms with E-state index in [-0.39, 0.29) is 6.03 Å². The largest absolute Gasteiger partial charge is 0.497 e. The minimum absolute atomic E-state index is 0.0703. The van der Waals surface area contributed by atoms with E-state index in [0.717, 1.165) is 35.2 Å². The molecule has 1 N–H and O–H groups in total. The summed E-state index contributed by atoms with van der Waals surface area (Å²) in [4.78, 5) is 21.3. The van der Waals surface area contributed by atoms with Gasteiger partial charge in [0, 0.05) is 31.9 Å². The zero-order chi connectivity index (χ0) is 17.9. The minimum Gasteiger partial charge on any atom is -0.497 e. The Bertz CT molecular complexity index is 868. The third-order valence-corrected chi connectivity index (χ3v) is 5.56. The third-order valence-electron chi connectivity index (χ3n) is 4.46. The first-order chi connectivity index (χ1) is 12.7. The van der Waals surface area contributed by atoms with Gasteiger partial charge in [0.1, 0.15) is 5.75 Å². The molecule has 1 saturated heterocycles. The van der Waals surface area contributed by atoms with Gasteiger partial charge in [0.25, 0.3) is 0 Å². The van der Waals surface area contributed by atoms with Crippen LogP contribution in [0.5, 0.6) is 5.75 Å². The number of rotatable bonds is 3. The van der Waals surface area contributed by atoms with Crippen molar-refractivity contribution in [1.82, 2.24) is 9.88 Å². The van der Waals surface area contributed by atoms with Crippen molar-refractivity contribution < 1.29 is 9.53 Å². The summed E-state index contributed by atoms with van der Waals surface area (Å²) < 4.78 is 6.33. The Morgan fingerprint density at radius 1 is 1.08 bits per heavy atom. The fraction of sp³-hybridized carbons (Fsp3) is 0.263. The Morgan fingerprint density at radius 3 is 2.50 bits per heavy atom. The number of hydrogen-bond acceptors (Lipinski definition) is 5. The Hall–Kier alpha value is -2.80. The highest BCUT2D eigenvalue weighted by Crippen LogP contribution is 2.29. The molecule has 2 amide bonds. The summed E-state index contributed by atoms with van der Waals surface area (Å²) >= 11 is 1.70. The van der Waals surface area contributed by atoms with E-state index < -0.39 is 0 Å². The van der Waals surface area contributed by atoms with E-state index in [1.54, 1.807) is 18.4 Å². The zero-order valence-electron chi connectivity index (χ0n) is 14.5. The maximum atomic E-state index is 12.5. The minimum atomic E-state index is -0.0703. The first-order valence-electron chi connectivity index (χ1n) is 8.53. The number of piperazine rings is 1. The van der Waals surface area contributed by atoms with E-state index in [9.17, 15) is 4.79 Å². The average Bonchev–Trinajstić information content (AvgIpc) is 3.13. The molecular weight excluding hydrogens is 348 g/mol. The van der Waals surface area contributed by atoms with Crippen LogP contribution >= 0.6 is 11.3 Å². The summed E-state index contributed by atoms with van der Waals surface area (Å²) in [6, 6.07) is 15.4. The lowest BCUT2D eigenvalue weighted by Crippen LogP contribution is -2.50. The second-order valence-corrected chi connectivity index (χ2v) is 7.11. The van der Waals surface area contributed by atoms with Crippen molar-refractivity contribution in [2.75, 3.05) is 43.5 Å². The number of aromatic nitrogens is 1. The summed E-state index contributed by atoms with van der Waals surface area (Å²) in [5.41, 5.74) is 1.80. The number of urea groups is 1. The molecule has 1 fully saturated rings. The summed E-state index contributed by atoms with van der Waals surface area (Å²) in [6.07, 6.45) is 0. The van der Waals surface area contributed by atoms with E-state index >= 15 is 0 Å². The molecule has 134 valence electrons. The summed E-state index contributed by atoms with van der Waals surface area (Å²) in [6.45, 7) is 2.93. The van der Waals surface area contributed by atoms with Crippen molar-refractivity contribution in [3.8, 4) is 5.75 Å². The van der Waals surface area contributed by atoms with Crippen LogP contribution in [0, 0.1) is 0 Å². The summed E-state index contributed by atoms with van der Waals surface area (Å²) in [7, 11) is 1.62. The van der Waals surface area contributed by atoms with Crippen LogP contribution in [0.3, 0.4) is 0 Å². The van der Waals surface area contributed by atoms with Gasteiger partial charge in [0.15, 0.2) is 5.13 Å². The molecule has 0 unspecified atom stereocenters. The van der Waals surface area contributed by atoms with Gasteiger partial charge < -0.3 is 19.9 Å². The molecule has 0 spiro atoms. The fourth-order valence-electron chi connectivity index (χ4n) is 2.97. The molecule has 0 saturated carbocycles. The molecule has 0 atom stereocenters. The van der Waals surface area contributed by atoms with Crippen LogP contribution < -0.4 is 15.0 Å². The number of fused-ring (bicyclic) bond motifs is 1. The highest BCUT2D eigenvalue weighted by atomic mass is 32.1. The smallest absolute Gasteiger partial charge is 0.321 e. The van der Waals surface area contributed by atoms with Crippen LogP contribution in [0.25, 0.3) is 10.2 Å². The number of ether oxygens (including phenoxy) is 1. The summed E-state index contributed by atoms with van der Waals surface area (Å²) in [5.74, 6) is 0.771. The normalized spacial score (nSPS) is 14.5. The first-order valence-corrected chi connectivity index (χ1v) is 9.35. The van der Waals surface area contributed by atoms with Crippen molar-refractivity contribution in [2.24, 2.45) is 0 Å². The number of methoxy groups -OCH3 is 1. The number of para-hydroxylation sites is 1. The molecule has 0 aliphatic carbocycles. The van der Waals surface area contributed by atoms with Crippen molar-refractivity contribution in [3.05, 3.63) is 48.5 Å². The van der Waals surface area contributed by atoms with Gasteiger partial charge in [0.2, 0.25) is 0 Å². The molecule has 3 aromatic rings. The Labute approximate surface area is 156 Å². The molecule has 1 aliphatic rings. The molecule has 2 heterocycles. The Balaban J connectivity index is 1.35. The van der Waals surface area contributed by atoms with Crippen LogP contribution in [0.4, 0.5) is 15.6 Å². The lowest BCUT2D eigenvalue weighted by atomic mass is 10.3. The van der Waals surface area contributed by atoms with Crippen LogP contribution in [0.15, 0.2) is 48.5 Å². The predicted octanol–water partition coefficient (Wildman–Crippen LogP) is 3.66. The van der Waals surface area contributed by atoms with Crippen LogP contribution in [0.2, 0.25) is 0 Å². The Morgan fingerprint density at radius 2 is 1.81 bits per heavy atom. The van der Waals surface area contributed by atoms with E-state index in [1.807, 2.05) is 47.4 Å². The van der Waals surface area contributed by atoms with Gasteiger partial charge in [-0.15, -0.1) is 0 Å².